The lowest BCUT2D eigenvalue weighted by Gasteiger charge is -2.25. The van der Waals surface area contributed by atoms with Gasteiger partial charge >= 0.3 is 0 Å². The van der Waals surface area contributed by atoms with Crippen LogP contribution in [0, 0.1) is 0 Å². The Morgan fingerprint density at radius 2 is 1.18 bits per heavy atom. The largest absolute Gasteiger partial charge is 0.454 e. The summed E-state index contributed by atoms with van der Waals surface area (Å²) in [4.78, 5) is 6.62. The summed E-state index contributed by atoms with van der Waals surface area (Å²) < 4.78 is 6.44. The van der Waals surface area contributed by atoms with Crippen LogP contribution in [0.15, 0.2) is 162 Å². The van der Waals surface area contributed by atoms with Crippen LogP contribution in [-0.4, -0.2) is 4.98 Å². The maximum atomic E-state index is 6.44. The predicted octanol–water partition coefficient (Wildman–Crippen LogP) is 11.6. The van der Waals surface area contributed by atoms with E-state index in [4.69, 9.17) is 4.42 Å². The van der Waals surface area contributed by atoms with Crippen LogP contribution in [0.3, 0.4) is 0 Å². The zero-order valence-corrected chi connectivity index (χ0v) is 23.8. The van der Waals surface area contributed by atoms with Gasteiger partial charge in [0.05, 0.1) is 5.69 Å². The van der Waals surface area contributed by atoms with E-state index in [0.29, 0.717) is 0 Å². The van der Waals surface area contributed by atoms with E-state index in [1.807, 2.05) is 18.3 Å². The van der Waals surface area contributed by atoms with Crippen molar-refractivity contribution < 1.29 is 4.42 Å². The van der Waals surface area contributed by atoms with Gasteiger partial charge in [0.15, 0.2) is 5.58 Å². The Morgan fingerprint density at radius 3 is 2.05 bits per heavy atom. The first-order valence-corrected chi connectivity index (χ1v) is 14.9. The number of pyridine rings is 1. The van der Waals surface area contributed by atoms with Gasteiger partial charge in [0, 0.05) is 34.5 Å². The maximum Gasteiger partial charge on any atom is 0.159 e. The molecule has 7 aromatic carbocycles. The van der Waals surface area contributed by atoms with Gasteiger partial charge in [-0.05, 0) is 85.9 Å². The van der Waals surface area contributed by atoms with Crippen molar-refractivity contribution in [3.8, 4) is 11.1 Å². The molecule has 206 valence electrons. The van der Waals surface area contributed by atoms with Crippen molar-refractivity contribution in [3.63, 3.8) is 0 Å². The van der Waals surface area contributed by atoms with Crippen LogP contribution in [-0.2, 0) is 0 Å². The molecule has 0 radical (unpaired) electrons. The lowest BCUT2D eigenvalue weighted by atomic mass is 9.91. The van der Waals surface area contributed by atoms with Crippen LogP contribution in [0.25, 0.3) is 65.4 Å². The van der Waals surface area contributed by atoms with Crippen LogP contribution >= 0.6 is 0 Å². The summed E-state index contributed by atoms with van der Waals surface area (Å²) >= 11 is 0. The molecule has 2 heterocycles. The molecule has 0 aliphatic heterocycles. The molecular formula is C41H26N2O. The second-order valence-corrected chi connectivity index (χ2v) is 11.2. The fraction of sp³-hybridized carbons (Fsp3) is 0. The topological polar surface area (TPSA) is 29.3 Å². The molecule has 0 aliphatic carbocycles. The molecule has 2 aromatic heterocycles. The van der Waals surface area contributed by atoms with Crippen molar-refractivity contribution in [2.75, 3.05) is 4.90 Å². The van der Waals surface area contributed by atoms with E-state index in [1.165, 1.54) is 43.4 Å². The third kappa shape index (κ3) is 3.80. The van der Waals surface area contributed by atoms with Gasteiger partial charge in [0.25, 0.3) is 0 Å². The summed E-state index contributed by atoms with van der Waals surface area (Å²) in [5.74, 6) is 0. The maximum absolute atomic E-state index is 6.44. The van der Waals surface area contributed by atoms with Gasteiger partial charge in [-0.1, -0.05) is 103 Å². The van der Waals surface area contributed by atoms with Crippen LogP contribution < -0.4 is 4.90 Å². The third-order valence-electron chi connectivity index (χ3n) is 8.74. The van der Waals surface area contributed by atoms with Crippen LogP contribution in [0.1, 0.15) is 0 Å². The van der Waals surface area contributed by atoms with Crippen molar-refractivity contribution in [2.24, 2.45) is 0 Å². The number of hydrogen-bond donors (Lipinski definition) is 0. The Labute approximate surface area is 254 Å². The van der Waals surface area contributed by atoms with Gasteiger partial charge in [-0.25, -0.2) is 0 Å². The van der Waals surface area contributed by atoms with Gasteiger partial charge in [-0.2, -0.15) is 0 Å². The van der Waals surface area contributed by atoms with E-state index in [-0.39, 0.29) is 0 Å². The highest BCUT2D eigenvalue weighted by atomic mass is 16.3. The average Bonchev–Trinajstić information content (AvgIpc) is 3.48. The molecule has 0 amide bonds. The molecule has 0 bridgehead atoms. The Hall–Kier alpha value is -5.93. The fourth-order valence-corrected chi connectivity index (χ4v) is 6.70. The molecule has 0 aliphatic rings. The molecule has 0 N–H and O–H groups in total. The highest BCUT2D eigenvalue weighted by Gasteiger charge is 2.19. The number of anilines is 3. The van der Waals surface area contributed by atoms with Crippen LogP contribution in [0.2, 0.25) is 0 Å². The molecule has 0 unspecified atom stereocenters. The summed E-state index contributed by atoms with van der Waals surface area (Å²) in [6.07, 6.45) is 3.65. The smallest absolute Gasteiger partial charge is 0.159 e. The fourth-order valence-electron chi connectivity index (χ4n) is 6.70. The standard InChI is InChI=1S/C41H26N2O/c1-2-10-29(11-3-1)43(39-16-8-15-35-38-26-42-24-23-40(38)44-41(35)39)30-20-17-28(18-21-30)36-25-37-31-12-5-4-9-27(31)19-22-34(37)32-13-6-7-14-33(32)36/h1-26H. The first kappa shape index (κ1) is 24.6. The molecule has 0 atom stereocenters. The molecule has 3 nitrogen and oxygen atoms in total. The minimum absolute atomic E-state index is 0.835. The predicted molar refractivity (Wildman–Crippen MR) is 184 cm³/mol. The van der Waals surface area contributed by atoms with Crippen LogP contribution in [0.5, 0.6) is 0 Å². The number of nitrogens with zero attached hydrogens (tertiary/aromatic N) is 2. The Kier molecular flexibility index (Phi) is 5.50. The molecule has 0 spiro atoms. The quantitative estimate of drug-likeness (QED) is 0.200. The molecule has 3 heteroatoms. The number of aromatic nitrogens is 1. The molecule has 9 rings (SSSR count). The number of furan rings is 1. The molecular weight excluding hydrogens is 536 g/mol. The normalized spacial score (nSPS) is 11.6. The van der Waals surface area contributed by atoms with Gasteiger partial charge in [0.2, 0.25) is 0 Å². The first-order valence-electron chi connectivity index (χ1n) is 14.9. The minimum atomic E-state index is 0.835. The number of fused-ring (bicyclic) bond motifs is 8. The van der Waals surface area contributed by atoms with E-state index in [9.17, 15) is 0 Å². The SMILES string of the molecule is c1ccc(N(c2ccc(-c3cc4c5ccccc5ccc4c4ccccc34)cc2)c2cccc3c2oc2ccncc23)cc1. The third-order valence-corrected chi connectivity index (χ3v) is 8.74. The Balaban J connectivity index is 1.24. The Morgan fingerprint density at radius 1 is 0.477 bits per heavy atom. The second kappa shape index (κ2) is 9.82. The number of hydrogen-bond acceptors (Lipinski definition) is 3. The lowest BCUT2D eigenvalue weighted by molar-refractivity contribution is 0.668. The van der Waals surface area contributed by atoms with Crippen molar-refractivity contribution >= 4 is 71.3 Å². The van der Waals surface area contributed by atoms with E-state index < -0.39 is 0 Å². The number of rotatable bonds is 4. The first-order chi connectivity index (χ1) is 21.8. The zero-order valence-electron chi connectivity index (χ0n) is 23.8. The van der Waals surface area contributed by atoms with E-state index >= 15 is 0 Å². The van der Waals surface area contributed by atoms with Crippen molar-refractivity contribution in [1.82, 2.24) is 4.98 Å². The summed E-state index contributed by atoms with van der Waals surface area (Å²) in [5, 5.41) is 9.68. The van der Waals surface area contributed by atoms with Gasteiger partial charge in [-0.15, -0.1) is 0 Å². The highest BCUT2D eigenvalue weighted by Crippen LogP contribution is 2.43. The summed E-state index contributed by atoms with van der Waals surface area (Å²) in [5.41, 5.74) is 7.20. The highest BCUT2D eigenvalue weighted by molar-refractivity contribution is 6.21. The molecule has 0 fully saturated rings. The van der Waals surface area contributed by atoms with E-state index in [1.54, 1.807) is 6.20 Å². The summed E-state index contributed by atoms with van der Waals surface area (Å²) in [6, 6.07) is 51.9. The van der Waals surface area contributed by atoms with E-state index in [2.05, 4.69) is 143 Å². The second-order valence-electron chi connectivity index (χ2n) is 11.2. The Bertz CT molecular complexity index is 2490. The van der Waals surface area contributed by atoms with Crippen LogP contribution in [0.4, 0.5) is 17.1 Å². The van der Waals surface area contributed by atoms with Crippen molar-refractivity contribution in [2.45, 2.75) is 0 Å². The monoisotopic (exact) mass is 562 g/mol. The number of para-hydroxylation sites is 2. The minimum Gasteiger partial charge on any atom is -0.454 e. The van der Waals surface area contributed by atoms with Crippen molar-refractivity contribution in [3.05, 3.63) is 158 Å². The van der Waals surface area contributed by atoms with Gasteiger partial charge in [-0.3, -0.25) is 4.98 Å². The molecule has 9 aromatic rings. The number of benzene rings is 7. The van der Waals surface area contributed by atoms with Gasteiger partial charge in [0.1, 0.15) is 5.58 Å². The molecule has 44 heavy (non-hydrogen) atoms. The van der Waals surface area contributed by atoms with Gasteiger partial charge < -0.3 is 9.32 Å². The van der Waals surface area contributed by atoms with E-state index in [0.717, 1.165) is 39.0 Å². The zero-order chi connectivity index (χ0) is 29.0. The summed E-state index contributed by atoms with van der Waals surface area (Å²) in [7, 11) is 0. The summed E-state index contributed by atoms with van der Waals surface area (Å²) in [6.45, 7) is 0. The lowest BCUT2D eigenvalue weighted by Crippen LogP contribution is -2.10. The molecule has 0 saturated carbocycles. The molecule has 0 saturated heterocycles. The van der Waals surface area contributed by atoms with Crippen molar-refractivity contribution in [1.29, 1.82) is 0 Å². The average molecular weight is 563 g/mol.